The zero-order chi connectivity index (χ0) is 31.1. The van der Waals surface area contributed by atoms with Crippen molar-refractivity contribution in [2.24, 2.45) is 5.92 Å². The Morgan fingerprint density at radius 1 is 0.909 bits per heavy atom. The van der Waals surface area contributed by atoms with Crippen molar-refractivity contribution in [3.63, 3.8) is 0 Å². The molecule has 1 aliphatic rings. The van der Waals surface area contributed by atoms with Gasteiger partial charge in [-0.25, -0.2) is 0 Å². The van der Waals surface area contributed by atoms with Crippen molar-refractivity contribution in [1.29, 1.82) is 0 Å². The molecule has 2 heterocycles. The smallest absolute Gasteiger partial charge is 0.204 e. The predicted molar refractivity (Wildman–Crippen MR) is 177 cm³/mol. The number of nitrogens with zero attached hydrogens (tertiary/aromatic N) is 3. The van der Waals surface area contributed by atoms with Crippen LogP contribution < -0.4 is 15.1 Å². The minimum absolute atomic E-state index is 0.0126. The van der Waals surface area contributed by atoms with Gasteiger partial charge in [-0.3, -0.25) is 9.69 Å². The third-order valence-electron chi connectivity index (χ3n) is 8.87. The van der Waals surface area contributed by atoms with Gasteiger partial charge in [0.05, 0.1) is 7.11 Å². The first-order valence-corrected chi connectivity index (χ1v) is 15.7. The van der Waals surface area contributed by atoms with Gasteiger partial charge in [-0.05, 0) is 101 Å². The Balaban J connectivity index is 1.04. The van der Waals surface area contributed by atoms with Crippen LogP contribution in [0.15, 0.2) is 75.9 Å². The Morgan fingerprint density at radius 3 is 2.32 bits per heavy atom. The van der Waals surface area contributed by atoms with Crippen molar-refractivity contribution in [2.75, 3.05) is 58.8 Å². The van der Waals surface area contributed by atoms with E-state index in [1.54, 1.807) is 0 Å². The largest absolute Gasteiger partial charge is 0.507 e. The summed E-state index contributed by atoms with van der Waals surface area (Å²) in [5.74, 6) is 0.538. The number of phenols is 2. The molecule has 0 aliphatic carbocycles. The zero-order valence-electron chi connectivity index (χ0n) is 26.2. The number of anilines is 1. The SMILES string of the molecule is COc1c(O)cc(O)c2c(=O)cc(-c3ccc(N(C)CCCCN(C)CCC4CCN(Cc5ccccc5)CC4)cc3)oc12. The maximum Gasteiger partial charge on any atom is 0.204 e. The molecule has 2 N–H and O–H groups in total. The Hall–Kier alpha value is -4.01. The molecule has 234 valence electrons. The van der Waals surface area contributed by atoms with Gasteiger partial charge >= 0.3 is 0 Å². The monoisotopic (exact) mass is 599 g/mol. The first-order chi connectivity index (χ1) is 21.3. The molecule has 0 unspecified atom stereocenters. The molecule has 0 bridgehead atoms. The minimum Gasteiger partial charge on any atom is -0.507 e. The maximum atomic E-state index is 12.8. The third kappa shape index (κ3) is 7.73. The number of fused-ring (bicyclic) bond motifs is 1. The number of rotatable bonds is 13. The summed E-state index contributed by atoms with van der Waals surface area (Å²) in [6.45, 7) is 6.70. The van der Waals surface area contributed by atoms with Crippen LogP contribution in [0.4, 0.5) is 5.69 Å². The van der Waals surface area contributed by atoms with Crippen molar-refractivity contribution in [2.45, 2.75) is 38.6 Å². The summed E-state index contributed by atoms with van der Waals surface area (Å²) in [5.41, 5.74) is 2.82. The van der Waals surface area contributed by atoms with Gasteiger partial charge in [0.15, 0.2) is 16.8 Å². The van der Waals surface area contributed by atoms with Gasteiger partial charge in [0.2, 0.25) is 5.75 Å². The molecular formula is C36H45N3O5. The minimum atomic E-state index is -0.410. The highest BCUT2D eigenvalue weighted by atomic mass is 16.5. The molecule has 8 nitrogen and oxygen atoms in total. The summed E-state index contributed by atoms with van der Waals surface area (Å²) in [6.07, 6.45) is 6.15. The lowest BCUT2D eigenvalue weighted by Crippen LogP contribution is -2.34. The molecule has 1 aromatic heterocycles. The molecular weight excluding hydrogens is 554 g/mol. The van der Waals surface area contributed by atoms with E-state index in [0.717, 1.165) is 62.3 Å². The van der Waals surface area contributed by atoms with E-state index in [9.17, 15) is 15.0 Å². The van der Waals surface area contributed by atoms with Crippen LogP contribution in [0.5, 0.6) is 17.2 Å². The van der Waals surface area contributed by atoms with Crippen LogP contribution in [0.2, 0.25) is 0 Å². The Bertz CT molecular complexity index is 1560. The van der Waals surface area contributed by atoms with Crippen LogP contribution in [0.25, 0.3) is 22.3 Å². The van der Waals surface area contributed by atoms with Gasteiger partial charge in [-0.1, -0.05) is 30.3 Å². The molecule has 5 rings (SSSR count). The van der Waals surface area contributed by atoms with Gasteiger partial charge in [0, 0.05) is 43.5 Å². The maximum absolute atomic E-state index is 12.8. The number of piperidine rings is 1. The average molecular weight is 600 g/mol. The summed E-state index contributed by atoms with van der Waals surface area (Å²) in [7, 11) is 5.71. The van der Waals surface area contributed by atoms with Crippen molar-refractivity contribution < 1.29 is 19.4 Å². The molecule has 0 atom stereocenters. The molecule has 1 saturated heterocycles. The van der Waals surface area contributed by atoms with Gasteiger partial charge in [-0.2, -0.15) is 0 Å². The molecule has 0 saturated carbocycles. The number of phenolic OH excluding ortho intramolecular Hbond substituents is 2. The lowest BCUT2D eigenvalue weighted by atomic mass is 9.93. The summed E-state index contributed by atoms with van der Waals surface area (Å²) in [6, 6.07) is 21.1. The topological polar surface area (TPSA) is 89.6 Å². The van der Waals surface area contributed by atoms with Crippen LogP contribution in [0.3, 0.4) is 0 Å². The van der Waals surface area contributed by atoms with Gasteiger partial charge in [0.25, 0.3) is 0 Å². The van der Waals surface area contributed by atoms with E-state index in [2.05, 4.69) is 59.1 Å². The molecule has 1 aliphatic heterocycles. The van der Waals surface area contributed by atoms with Crippen LogP contribution in [0.1, 0.15) is 37.7 Å². The standard InChI is InChI=1S/C36H45N3O5/c1-37(20-15-26-16-21-39(22-17-26)25-27-9-5-4-6-10-27)18-7-8-19-38(2)29-13-11-28(12-14-29)33-24-31(41)34-30(40)23-32(42)35(43-3)36(34)44-33/h4-6,9-14,23-24,26,40,42H,7-8,15-22,25H2,1-3H3. The van der Waals surface area contributed by atoms with Crippen LogP contribution >= 0.6 is 0 Å². The predicted octanol–water partition coefficient (Wildman–Crippen LogP) is 6.33. The summed E-state index contributed by atoms with van der Waals surface area (Å²) in [4.78, 5) is 20.1. The van der Waals surface area contributed by atoms with E-state index in [1.807, 2.05) is 24.3 Å². The molecule has 1 fully saturated rings. The second-order valence-corrected chi connectivity index (χ2v) is 12.1. The number of hydrogen-bond donors (Lipinski definition) is 2. The molecule has 44 heavy (non-hydrogen) atoms. The highest BCUT2D eigenvalue weighted by Gasteiger charge is 2.20. The molecule has 8 heteroatoms. The van der Waals surface area contributed by atoms with E-state index >= 15 is 0 Å². The number of aromatic hydroxyl groups is 2. The van der Waals surface area contributed by atoms with E-state index in [1.165, 1.54) is 51.1 Å². The molecule has 0 amide bonds. The summed E-state index contributed by atoms with van der Waals surface area (Å²) >= 11 is 0. The van der Waals surface area contributed by atoms with Gasteiger partial charge < -0.3 is 29.2 Å². The van der Waals surface area contributed by atoms with Crippen LogP contribution in [-0.4, -0.2) is 73.9 Å². The van der Waals surface area contributed by atoms with Crippen molar-refractivity contribution in [1.82, 2.24) is 9.80 Å². The molecule has 0 radical (unpaired) electrons. The van der Waals surface area contributed by atoms with E-state index in [4.69, 9.17) is 9.15 Å². The number of methoxy groups -OCH3 is 1. The fraction of sp³-hybridized carbons (Fsp3) is 0.417. The Kier molecular flexibility index (Phi) is 10.5. The lowest BCUT2D eigenvalue weighted by Gasteiger charge is -2.32. The number of benzene rings is 3. The normalized spacial score (nSPS) is 14.4. The van der Waals surface area contributed by atoms with E-state index in [0.29, 0.717) is 5.76 Å². The Morgan fingerprint density at radius 2 is 1.61 bits per heavy atom. The third-order valence-corrected chi connectivity index (χ3v) is 8.87. The zero-order valence-corrected chi connectivity index (χ0v) is 26.2. The first kappa shape index (κ1) is 31.4. The fourth-order valence-electron chi connectivity index (χ4n) is 6.15. The first-order valence-electron chi connectivity index (χ1n) is 15.7. The average Bonchev–Trinajstić information content (AvgIpc) is 3.03. The van der Waals surface area contributed by atoms with E-state index < -0.39 is 5.43 Å². The number of likely N-dealkylation sites (tertiary alicyclic amines) is 1. The van der Waals surface area contributed by atoms with Crippen LogP contribution in [-0.2, 0) is 6.54 Å². The number of ether oxygens (including phenoxy) is 1. The quantitative estimate of drug-likeness (QED) is 0.172. The summed E-state index contributed by atoms with van der Waals surface area (Å²) in [5, 5.41) is 20.3. The van der Waals surface area contributed by atoms with Gasteiger partial charge in [-0.15, -0.1) is 0 Å². The summed E-state index contributed by atoms with van der Waals surface area (Å²) < 4.78 is 11.2. The Labute approximate surface area is 260 Å². The molecule has 4 aromatic rings. The van der Waals surface area contributed by atoms with Crippen molar-refractivity contribution >= 4 is 16.7 Å². The van der Waals surface area contributed by atoms with Crippen molar-refractivity contribution in [3.05, 3.63) is 82.5 Å². The van der Waals surface area contributed by atoms with Gasteiger partial charge in [0.1, 0.15) is 16.9 Å². The second kappa shape index (κ2) is 14.6. The number of hydrogen-bond acceptors (Lipinski definition) is 8. The second-order valence-electron chi connectivity index (χ2n) is 12.1. The van der Waals surface area contributed by atoms with Crippen molar-refractivity contribution in [3.8, 4) is 28.6 Å². The highest BCUT2D eigenvalue weighted by Crippen LogP contribution is 2.40. The molecule has 3 aromatic carbocycles. The van der Waals surface area contributed by atoms with E-state index in [-0.39, 0.29) is 28.2 Å². The molecule has 0 spiro atoms. The fourth-order valence-corrected chi connectivity index (χ4v) is 6.15. The lowest BCUT2D eigenvalue weighted by molar-refractivity contribution is 0.162. The number of unbranched alkanes of at least 4 members (excludes halogenated alkanes) is 1. The van der Waals surface area contributed by atoms with Crippen LogP contribution in [0, 0.1) is 5.92 Å². The highest BCUT2D eigenvalue weighted by molar-refractivity contribution is 5.91.